The van der Waals surface area contributed by atoms with Crippen LogP contribution in [0.2, 0.25) is 0 Å². The quantitative estimate of drug-likeness (QED) is 0.776. The highest BCUT2D eigenvalue weighted by Gasteiger charge is 2.14. The van der Waals surface area contributed by atoms with Gasteiger partial charge in [-0.2, -0.15) is 0 Å². The first-order chi connectivity index (χ1) is 6.57. The van der Waals surface area contributed by atoms with Crippen molar-refractivity contribution in [2.24, 2.45) is 0 Å². The Bertz CT molecular complexity index is 356. The van der Waals surface area contributed by atoms with Crippen LogP contribution >= 0.6 is 0 Å². The van der Waals surface area contributed by atoms with Gasteiger partial charge in [-0.15, -0.1) is 0 Å². The van der Waals surface area contributed by atoms with Gasteiger partial charge in [-0.1, -0.05) is 19.4 Å². The van der Waals surface area contributed by atoms with Crippen molar-refractivity contribution in [1.82, 2.24) is 0 Å². The Balaban J connectivity index is 3.26. The van der Waals surface area contributed by atoms with Crippen LogP contribution in [0.3, 0.4) is 0 Å². The average molecular weight is 194 g/mol. The molecular formula is C11H14O3. The van der Waals surface area contributed by atoms with Gasteiger partial charge in [-0.25, -0.2) is 4.79 Å². The van der Waals surface area contributed by atoms with E-state index < -0.39 is 5.97 Å². The van der Waals surface area contributed by atoms with Gasteiger partial charge in [0, 0.05) is 0 Å². The van der Waals surface area contributed by atoms with Gasteiger partial charge < -0.3 is 10.2 Å². The standard InChI is InChI=1S/C11H14O3/c1-3-4-8-5-6-9(12)10(7(8)2)11(13)14/h5-6,12H,3-4H2,1-2H3,(H,13,14). The molecule has 3 heteroatoms. The summed E-state index contributed by atoms with van der Waals surface area (Å²) in [5.41, 5.74) is 1.68. The SMILES string of the molecule is CCCc1ccc(O)c(C(=O)O)c1C. The number of aromatic carboxylic acids is 1. The van der Waals surface area contributed by atoms with Crippen LogP contribution in [0.15, 0.2) is 12.1 Å². The van der Waals surface area contributed by atoms with E-state index in [-0.39, 0.29) is 11.3 Å². The molecule has 1 aromatic rings. The molecule has 0 atom stereocenters. The Morgan fingerprint density at radius 3 is 2.57 bits per heavy atom. The van der Waals surface area contributed by atoms with E-state index in [0.717, 1.165) is 18.4 Å². The molecule has 0 aromatic heterocycles. The van der Waals surface area contributed by atoms with Crippen LogP contribution in [0.25, 0.3) is 0 Å². The van der Waals surface area contributed by atoms with Gasteiger partial charge >= 0.3 is 5.97 Å². The highest BCUT2D eigenvalue weighted by molar-refractivity contribution is 5.92. The summed E-state index contributed by atoms with van der Waals surface area (Å²) in [7, 11) is 0. The monoisotopic (exact) mass is 194 g/mol. The highest BCUT2D eigenvalue weighted by atomic mass is 16.4. The minimum absolute atomic E-state index is 0.0240. The molecule has 3 nitrogen and oxygen atoms in total. The fourth-order valence-corrected chi connectivity index (χ4v) is 1.55. The molecule has 0 saturated heterocycles. The summed E-state index contributed by atoms with van der Waals surface area (Å²) < 4.78 is 0. The van der Waals surface area contributed by atoms with Crippen molar-refractivity contribution in [3.63, 3.8) is 0 Å². The lowest BCUT2D eigenvalue weighted by Crippen LogP contribution is -2.03. The number of aryl methyl sites for hydroxylation is 1. The lowest BCUT2D eigenvalue weighted by atomic mass is 9.98. The highest BCUT2D eigenvalue weighted by Crippen LogP contribution is 2.24. The molecule has 14 heavy (non-hydrogen) atoms. The van der Waals surface area contributed by atoms with Crippen molar-refractivity contribution in [3.05, 3.63) is 28.8 Å². The maximum atomic E-state index is 10.8. The first kappa shape index (κ1) is 10.6. The number of carboxylic acid groups (broad SMARTS) is 1. The van der Waals surface area contributed by atoms with Gasteiger partial charge in [-0.05, 0) is 30.5 Å². The molecule has 0 fully saturated rings. The molecular weight excluding hydrogens is 180 g/mol. The van der Waals surface area contributed by atoms with Gasteiger partial charge in [0.05, 0.1) is 0 Å². The van der Waals surface area contributed by atoms with Crippen LogP contribution < -0.4 is 0 Å². The second kappa shape index (κ2) is 4.13. The van der Waals surface area contributed by atoms with Crippen molar-refractivity contribution in [2.75, 3.05) is 0 Å². The molecule has 0 aliphatic heterocycles. The van der Waals surface area contributed by atoms with Crippen molar-refractivity contribution in [1.29, 1.82) is 0 Å². The number of phenols is 1. The largest absolute Gasteiger partial charge is 0.507 e. The molecule has 0 bridgehead atoms. The summed E-state index contributed by atoms with van der Waals surface area (Å²) in [6.45, 7) is 3.76. The fraction of sp³-hybridized carbons (Fsp3) is 0.364. The first-order valence-corrected chi connectivity index (χ1v) is 4.62. The number of carbonyl (C=O) groups is 1. The minimum atomic E-state index is -1.07. The Morgan fingerprint density at radius 1 is 1.43 bits per heavy atom. The molecule has 1 rings (SSSR count). The Labute approximate surface area is 83.0 Å². The van der Waals surface area contributed by atoms with E-state index in [0.29, 0.717) is 5.56 Å². The third-order valence-electron chi connectivity index (χ3n) is 2.29. The second-order valence-electron chi connectivity index (χ2n) is 3.30. The average Bonchev–Trinajstić information content (AvgIpc) is 2.10. The van der Waals surface area contributed by atoms with E-state index >= 15 is 0 Å². The Morgan fingerprint density at radius 2 is 2.07 bits per heavy atom. The summed E-state index contributed by atoms with van der Waals surface area (Å²) in [6, 6.07) is 3.22. The predicted molar refractivity (Wildman–Crippen MR) is 53.8 cm³/mol. The topological polar surface area (TPSA) is 57.5 Å². The van der Waals surface area contributed by atoms with Crippen molar-refractivity contribution in [2.45, 2.75) is 26.7 Å². The van der Waals surface area contributed by atoms with Crippen LogP contribution in [0.4, 0.5) is 0 Å². The van der Waals surface area contributed by atoms with Crippen LogP contribution in [0, 0.1) is 6.92 Å². The van der Waals surface area contributed by atoms with Crippen LogP contribution in [0.1, 0.15) is 34.8 Å². The van der Waals surface area contributed by atoms with Crippen molar-refractivity contribution in [3.8, 4) is 5.75 Å². The van der Waals surface area contributed by atoms with Crippen LogP contribution in [0.5, 0.6) is 5.75 Å². The molecule has 0 saturated carbocycles. The van der Waals surface area contributed by atoms with Crippen molar-refractivity contribution >= 4 is 5.97 Å². The number of hydrogen-bond acceptors (Lipinski definition) is 2. The normalized spacial score (nSPS) is 10.1. The van der Waals surface area contributed by atoms with E-state index in [1.54, 1.807) is 13.0 Å². The summed E-state index contributed by atoms with van der Waals surface area (Å²) in [6.07, 6.45) is 1.80. The number of aromatic hydroxyl groups is 1. The fourth-order valence-electron chi connectivity index (χ4n) is 1.55. The lowest BCUT2D eigenvalue weighted by Gasteiger charge is -2.09. The van der Waals surface area contributed by atoms with Crippen LogP contribution in [-0.4, -0.2) is 16.2 Å². The molecule has 0 amide bonds. The lowest BCUT2D eigenvalue weighted by molar-refractivity contribution is 0.0693. The van der Waals surface area contributed by atoms with Gasteiger partial charge in [-0.3, -0.25) is 0 Å². The number of hydrogen-bond donors (Lipinski definition) is 2. The zero-order chi connectivity index (χ0) is 10.7. The molecule has 0 radical (unpaired) electrons. The predicted octanol–water partition coefficient (Wildman–Crippen LogP) is 2.35. The maximum Gasteiger partial charge on any atom is 0.339 e. The summed E-state index contributed by atoms with van der Waals surface area (Å²) in [5, 5.41) is 18.3. The third-order valence-corrected chi connectivity index (χ3v) is 2.29. The molecule has 76 valence electrons. The Hall–Kier alpha value is -1.51. The number of carboxylic acids is 1. The van der Waals surface area contributed by atoms with Crippen molar-refractivity contribution < 1.29 is 15.0 Å². The molecule has 0 heterocycles. The summed E-state index contributed by atoms with van der Waals surface area (Å²) in [5.74, 6) is -1.23. The number of rotatable bonds is 3. The summed E-state index contributed by atoms with van der Waals surface area (Å²) >= 11 is 0. The van der Waals surface area contributed by atoms with Gasteiger partial charge in [0.25, 0.3) is 0 Å². The van der Waals surface area contributed by atoms with Crippen LogP contribution in [-0.2, 0) is 6.42 Å². The number of benzene rings is 1. The molecule has 0 aliphatic carbocycles. The first-order valence-electron chi connectivity index (χ1n) is 4.62. The minimum Gasteiger partial charge on any atom is -0.507 e. The van der Waals surface area contributed by atoms with Gasteiger partial charge in [0.1, 0.15) is 11.3 Å². The smallest absolute Gasteiger partial charge is 0.339 e. The van der Waals surface area contributed by atoms with E-state index in [1.807, 2.05) is 6.92 Å². The zero-order valence-electron chi connectivity index (χ0n) is 8.37. The molecule has 0 aliphatic rings. The third kappa shape index (κ3) is 1.87. The van der Waals surface area contributed by atoms with Gasteiger partial charge in [0.15, 0.2) is 0 Å². The van der Waals surface area contributed by atoms with E-state index in [1.165, 1.54) is 6.07 Å². The Kier molecular flexibility index (Phi) is 3.12. The van der Waals surface area contributed by atoms with E-state index in [2.05, 4.69) is 0 Å². The summed E-state index contributed by atoms with van der Waals surface area (Å²) in [4.78, 5) is 10.8. The second-order valence-corrected chi connectivity index (χ2v) is 3.30. The zero-order valence-corrected chi connectivity index (χ0v) is 8.37. The van der Waals surface area contributed by atoms with E-state index in [4.69, 9.17) is 5.11 Å². The molecule has 2 N–H and O–H groups in total. The van der Waals surface area contributed by atoms with Gasteiger partial charge in [0.2, 0.25) is 0 Å². The molecule has 0 unspecified atom stereocenters. The van der Waals surface area contributed by atoms with E-state index in [9.17, 15) is 9.90 Å². The molecule has 1 aromatic carbocycles. The maximum absolute atomic E-state index is 10.8. The molecule has 0 spiro atoms.